The van der Waals surface area contributed by atoms with E-state index in [1.165, 1.54) is 0 Å². The Morgan fingerprint density at radius 1 is 1.00 bits per heavy atom. The van der Waals surface area contributed by atoms with Crippen molar-refractivity contribution >= 4 is 11.6 Å². The van der Waals surface area contributed by atoms with Gasteiger partial charge in [-0.3, -0.25) is 4.79 Å². The fourth-order valence-electron chi connectivity index (χ4n) is 2.33. The summed E-state index contributed by atoms with van der Waals surface area (Å²) in [5.74, 6) is 1.93. The summed E-state index contributed by atoms with van der Waals surface area (Å²) in [6.07, 6.45) is 3.07. The Morgan fingerprint density at radius 2 is 1.73 bits per heavy atom. The van der Waals surface area contributed by atoms with Crippen LogP contribution in [-0.4, -0.2) is 19.1 Å². The van der Waals surface area contributed by atoms with Crippen LogP contribution in [0.25, 0.3) is 0 Å². The first kappa shape index (κ1) is 19.8. The molecule has 4 nitrogen and oxygen atoms in total. The lowest BCUT2D eigenvalue weighted by Gasteiger charge is -2.12. The third kappa shape index (κ3) is 6.43. The quantitative estimate of drug-likeness (QED) is 0.569. The second-order valence-corrected chi connectivity index (χ2v) is 6.71. The van der Waals surface area contributed by atoms with Crippen LogP contribution in [0.5, 0.6) is 11.5 Å². The molecule has 0 spiro atoms. The van der Waals surface area contributed by atoms with Gasteiger partial charge in [-0.05, 0) is 55.2 Å². The number of amides is 1. The number of unbranched alkanes of at least 4 members (excludes halogenated alkanes) is 1. The largest absolute Gasteiger partial charge is 0.494 e. The lowest BCUT2D eigenvalue weighted by atomic mass is 10.1. The van der Waals surface area contributed by atoms with Gasteiger partial charge >= 0.3 is 0 Å². The number of hydrogen-bond donors (Lipinski definition) is 1. The molecule has 0 aliphatic rings. The highest BCUT2D eigenvalue weighted by molar-refractivity contribution is 6.05. The maximum Gasteiger partial charge on any atom is 0.255 e. The van der Waals surface area contributed by atoms with Gasteiger partial charge in [0.1, 0.15) is 11.5 Å². The van der Waals surface area contributed by atoms with Crippen LogP contribution in [0.1, 0.15) is 50.4 Å². The molecule has 0 bridgehead atoms. The molecule has 2 aromatic rings. The molecule has 1 amide bonds. The summed E-state index contributed by atoms with van der Waals surface area (Å²) < 4.78 is 11.5. The zero-order valence-electron chi connectivity index (χ0n) is 16.0. The molecular weight excluding hydrogens is 326 g/mol. The summed E-state index contributed by atoms with van der Waals surface area (Å²) in [6.45, 7) is 7.78. The monoisotopic (exact) mass is 355 g/mol. The van der Waals surface area contributed by atoms with Crippen LogP contribution in [0.4, 0.5) is 5.69 Å². The van der Waals surface area contributed by atoms with Crippen molar-refractivity contribution in [1.82, 2.24) is 0 Å². The molecule has 0 saturated carbocycles. The fourth-order valence-corrected chi connectivity index (χ4v) is 2.33. The molecule has 0 aliphatic carbocycles. The number of carbonyl (C=O) groups excluding carboxylic acids is 1. The van der Waals surface area contributed by atoms with Crippen LogP contribution in [-0.2, 0) is 0 Å². The van der Waals surface area contributed by atoms with E-state index in [2.05, 4.69) is 26.1 Å². The normalized spacial score (nSPS) is 10.6. The van der Waals surface area contributed by atoms with Gasteiger partial charge in [0.15, 0.2) is 0 Å². The molecule has 0 fully saturated rings. The van der Waals surface area contributed by atoms with E-state index in [0.29, 0.717) is 36.1 Å². The molecule has 0 saturated heterocycles. The number of hydrogen-bond acceptors (Lipinski definition) is 3. The van der Waals surface area contributed by atoms with Crippen LogP contribution >= 0.6 is 0 Å². The highest BCUT2D eigenvalue weighted by Gasteiger charge is 2.10. The lowest BCUT2D eigenvalue weighted by Crippen LogP contribution is -2.13. The molecule has 0 unspecified atom stereocenters. The van der Waals surface area contributed by atoms with E-state index in [1.54, 1.807) is 12.1 Å². The summed E-state index contributed by atoms with van der Waals surface area (Å²) in [5.41, 5.74) is 1.27. The van der Waals surface area contributed by atoms with Crippen LogP contribution in [0.3, 0.4) is 0 Å². The first-order valence-corrected chi connectivity index (χ1v) is 9.36. The summed E-state index contributed by atoms with van der Waals surface area (Å²) in [5, 5.41) is 2.93. The van der Waals surface area contributed by atoms with Gasteiger partial charge in [-0.15, -0.1) is 0 Å². The molecule has 4 heteroatoms. The molecule has 0 radical (unpaired) electrons. The van der Waals surface area contributed by atoms with Crippen molar-refractivity contribution in [2.24, 2.45) is 5.92 Å². The van der Waals surface area contributed by atoms with Gasteiger partial charge in [0, 0.05) is 5.56 Å². The average Bonchev–Trinajstić information content (AvgIpc) is 2.63. The molecule has 2 aromatic carbocycles. The standard InChI is InChI=1S/C22H29NO3/c1-4-5-15-26-21-9-7-6-8-20(21)23-22(24)18-10-12-19(13-11-18)25-16-14-17(2)3/h6-13,17H,4-5,14-16H2,1-3H3,(H,23,24). The van der Waals surface area contributed by atoms with Crippen LogP contribution in [0.2, 0.25) is 0 Å². The van der Waals surface area contributed by atoms with E-state index in [1.807, 2.05) is 36.4 Å². The van der Waals surface area contributed by atoms with E-state index in [0.717, 1.165) is 25.0 Å². The van der Waals surface area contributed by atoms with Crippen molar-refractivity contribution < 1.29 is 14.3 Å². The van der Waals surface area contributed by atoms with Crippen molar-refractivity contribution in [2.75, 3.05) is 18.5 Å². The Morgan fingerprint density at radius 3 is 2.42 bits per heavy atom. The zero-order chi connectivity index (χ0) is 18.8. The third-order valence-corrected chi connectivity index (χ3v) is 3.97. The Bertz CT molecular complexity index is 680. The summed E-state index contributed by atoms with van der Waals surface area (Å²) in [6, 6.07) is 14.7. The topological polar surface area (TPSA) is 47.6 Å². The third-order valence-electron chi connectivity index (χ3n) is 3.97. The van der Waals surface area contributed by atoms with Gasteiger partial charge in [-0.25, -0.2) is 0 Å². The van der Waals surface area contributed by atoms with Crippen LogP contribution in [0, 0.1) is 5.92 Å². The van der Waals surface area contributed by atoms with E-state index in [-0.39, 0.29) is 5.91 Å². The van der Waals surface area contributed by atoms with Crippen LogP contribution in [0.15, 0.2) is 48.5 Å². The van der Waals surface area contributed by atoms with Crippen molar-refractivity contribution in [2.45, 2.75) is 40.0 Å². The summed E-state index contributed by atoms with van der Waals surface area (Å²) >= 11 is 0. The highest BCUT2D eigenvalue weighted by atomic mass is 16.5. The summed E-state index contributed by atoms with van der Waals surface area (Å²) in [4.78, 5) is 12.5. The van der Waals surface area contributed by atoms with Gasteiger partial charge in [-0.1, -0.05) is 39.3 Å². The van der Waals surface area contributed by atoms with Gasteiger partial charge < -0.3 is 14.8 Å². The highest BCUT2D eigenvalue weighted by Crippen LogP contribution is 2.25. The second-order valence-electron chi connectivity index (χ2n) is 6.71. The Hall–Kier alpha value is -2.49. The number of rotatable bonds is 10. The first-order chi connectivity index (χ1) is 12.6. The SMILES string of the molecule is CCCCOc1ccccc1NC(=O)c1ccc(OCCC(C)C)cc1. The van der Waals surface area contributed by atoms with E-state index >= 15 is 0 Å². The molecule has 0 heterocycles. The van der Waals surface area contributed by atoms with Gasteiger partial charge in [-0.2, -0.15) is 0 Å². The van der Waals surface area contributed by atoms with E-state index in [4.69, 9.17) is 9.47 Å². The molecule has 0 aromatic heterocycles. The number of anilines is 1. The number of nitrogens with one attached hydrogen (secondary N) is 1. The average molecular weight is 355 g/mol. The second kappa shape index (κ2) is 10.5. The number of para-hydroxylation sites is 2. The van der Waals surface area contributed by atoms with Crippen molar-refractivity contribution in [1.29, 1.82) is 0 Å². The maximum absolute atomic E-state index is 12.5. The fraction of sp³-hybridized carbons (Fsp3) is 0.409. The Kier molecular flexibility index (Phi) is 8.00. The van der Waals surface area contributed by atoms with Gasteiger partial charge in [0.25, 0.3) is 5.91 Å². The van der Waals surface area contributed by atoms with Crippen molar-refractivity contribution in [3.8, 4) is 11.5 Å². The summed E-state index contributed by atoms with van der Waals surface area (Å²) in [7, 11) is 0. The minimum absolute atomic E-state index is 0.162. The minimum atomic E-state index is -0.162. The number of ether oxygens (including phenoxy) is 2. The number of carbonyl (C=O) groups is 1. The van der Waals surface area contributed by atoms with Crippen molar-refractivity contribution in [3.63, 3.8) is 0 Å². The molecule has 140 valence electrons. The predicted molar refractivity (Wildman–Crippen MR) is 106 cm³/mol. The van der Waals surface area contributed by atoms with Crippen molar-refractivity contribution in [3.05, 3.63) is 54.1 Å². The minimum Gasteiger partial charge on any atom is -0.494 e. The zero-order valence-corrected chi connectivity index (χ0v) is 16.0. The number of benzene rings is 2. The Labute approximate surface area is 156 Å². The molecular formula is C22H29NO3. The van der Waals surface area contributed by atoms with Gasteiger partial charge in [0.05, 0.1) is 18.9 Å². The molecule has 2 rings (SSSR count). The first-order valence-electron chi connectivity index (χ1n) is 9.36. The molecule has 1 N–H and O–H groups in total. The lowest BCUT2D eigenvalue weighted by molar-refractivity contribution is 0.102. The smallest absolute Gasteiger partial charge is 0.255 e. The van der Waals surface area contributed by atoms with E-state index in [9.17, 15) is 4.79 Å². The van der Waals surface area contributed by atoms with Gasteiger partial charge in [0.2, 0.25) is 0 Å². The maximum atomic E-state index is 12.5. The predicted octanol–water partition coefficient (Wildman–Crippen LogP) is 5.54. The van der Waals surface area contributed by atoms with Crippen LogP contribution < -0.4 is 14.8 Å². The Balaban J connectivity index is 1.95. The molecule has 0 aliphatic heterocycles. The molecule has 0 atom stereocenters. The van der Waals surface area contributed by atoms with E-state index < -0.39 is 0 Å². The molecule has 26 heavy (non-hydrogen) atoms.